The molecule has 0 unspecified atom stereocenters. The number of hydrogen-bond acceptors (Lipinski definition) is 4. The number of likely N-dealkylation sites (tertiary alicyclic amines) is 1. The minimum absolute atomic E-state index is 0.148. The monoisotopic (exact) mass is 379 g/mol. The predicted molar refractivity (Wildman–Crippen MR) is 105 cm³/mol. The van der Waals surface area contributed by atoms with Crippen LogP contribution < -0.4 is 10.1 Å². The van der Waals surface area contributed by atoms with Gasteiger partial charge in [-0.1, -0.05) is 18.2 Å². The molecule has 2 aliphatic rings. The van der Waals surface area contributed by atoms with Crippen LogP contribution in [0.2, 0.25) is 0 Å². The summed E-state index contributed by atoms with van der Waals surface area (Å²) < 4.78 is 6.46. The number of fused-ring (bicyclic) bond motifs is 1. The van der Waals surface area contributed by atoms with Crippen LogP contribution in [-0.2, 0) is 4.79 Å². The number of carbonyl (C=O) groups is 2. The number of benzene rings is 1. The van der Waals surface area contributed by atoms with E-state index >= 15 is 0 Å². The van der Waals surface area contributed by atoms with Crippen LogP contribution >= 0.6 is 0 Å². The van der Waals surface area contributed by atoms with E-state index in [0.717, 1.165) is 17.7 Å². The number of carbonyl (C=O) groups excluding carboxylic acids is 2. The number of hydrogen-bond donors (Lipinski definition) is 1. The minimum atomic E-state index is -0.444. The second-order valence-electron chi connectivity index (χ2n) is 7.52. The number of rotatable bonds is 3. The maximum atomic E-state index is 12.8. The fourth-order valence-electron chi connectivity index (χ4n) is 4.21. The third-order valence-corrected chi connectivity index (χ3v) is 5.79. The Kier molecular flexibility index (Phi) is 5.03. The van der Waals surface area contributed by atoms with E-state index in [1.54, 1.807) is 24.5 Å². The molecule has 2 atom stereocenters. The summed E-state index contributed by atoms with van der Waals surface area (Å²) in [6.45, 7) is 3.40. The van der Waals surface area contributed by atoms with Crippen molar-refractivity contribution in [2.75, 3.05) is 13.1 Å². The molecule has 0 saturated carbocycles. The molecule has 0 bridgehead atoms. The van der Waals surface area contributed by atoms with Gasteiger partial charge in [0.25, 0.3) is 5.91 Å². The van der Waals surface area contributed by atoms with Crippen molar-refractivity contribution in [1.29, 1.82) is 0 Å². The Hall–Kier alpha value is -2.89. The van der Waals surface area contributed by atoms with Gasteiger partial charge in [-0.25, -0.2) is 0 Å². The van der Waals surface area contributed by atoms with Crippen LogP contribution in [0.5, 0.6) is 5.75 Å². The Balaban J connectivity index is 1.61. The molecule has 3 heterocycles. The molecule has 28 heavy (non-hydrogen) atoms. The van der Waals surface area contributed by atoms with E-state index in [9.17, 15) is 9.59 Å². The number of aromatic nitrogens is 1. The molecule has 1 fully saturated rings. The van der Waals surface area contributed by atoms with Crippen LogP contribution in [0.3, 0.4) is 0 Å². The van der Waals surface area contributed by atoms with E-state index in [4.69, 9.17) is 4.74 Å². The van der Waals surface area contributed by atoms with Gasteiger partial charge in [0.15, 0.2) is 0 Å². The normalized spacial score (nSPS) is 24.2. The first-order valence-corrected chi connectivity index (χ1v) is 9.87. The third kappa shape index (κ3) is 3.59. The molecule has 0 radical (unpaired) electrons. The number of nitrogens with one attached hydrogen (secondary N) is 1. The molecule has 1 aromatic carbocycles. The largest absolute Gasteiger partial charge is 0.487 e. The highest BCUT2D eigenvalue weighted by atomic mass is 16.5. The van der Waals surface area contributed by atoms with E-state index in [1.807, 2.05) is 36.1 Å². The highest BCUT2D eigenvalue weighted by Crippen LogP contribution is 2.44. The lowest BCUT2D eigenvalue weighted by atomic mass is 9.82. The van der Waals surface area contributed by atoms with Crippen LogP contribution in [0.4, 0.5) is 0 Å². The molecule has 2 amide bonds. The molecule has 0 aliphatic carbocycles. The second-order valence-corrected chi connectivity index (χ2v) is 7.52. The SMILES string of the molecule is CCN1CC[C@@]2(CCC1=O)C[C@@H](NC(=O)c1cccnc1)c1ccccc1O2. The highest BCUT2D eigenvalue weighted by molar-refractivity contribution is 5.94. The number of amides is 2. The van der Waals surface area contributed by atoms with Crippen LogP contribution in [0.25, 0.3) is 0 Å². The van der Waals surface area contributed by atoms with Gasteiger partial charge in [-0.15, -0.1) is 0 Å². The van der Waals surface area contributed by atoms with Crippen LogP contribution in [-0.4, -0.2) is 40.4 Å². The molecule has 1 saturated heterocycles. The van der Waals surface area contributed by atoms with Gasteiger partial charge in [-0.2, -0.15) is 0 Å². The molecule has 1 spiro atoms. The quantitative estimate of drug-likeness (QED) is 0.890. The summed E-state index contributed by atoms with van der Waals surface area (Å²) >= 11 is 0. The fraction of sp³-hybridized carbons (Fsp3) is 0.409. The topological polar surface area (TPSA) is 71.5 Å². The molecular weight excluding hydrogens is 354 g/mol. The summed E-state index contributed by atoms with van der Waals surface area (Å²) in [6, 6.07) is 11.2. The van der Waals surface area contributed by atoms with E-state index in [0.29, 0.717) is 37.9 Å². The van der Waals surface area contributed by atoms with Gasteiger partial charge in [0.2, 0.25) is 5.91 Å². The van der Waals surface area contributed by atoms with E-state index in [1.165, 1.54) is 0 Å². The zero-order valence-corrected chi connectivity index (χ0v) is 16.1. The van der Waals surface area contributed by atoms with Crippen LogP contribution in [0, 0.1) is 0 Å². The van der Waals surface area contributed by atoms with Gasteiger partial charge < -0.3 is 15.0 Å². The van der Waals surface area contributed by atoms with E-state index in [-0.39, 0.29) is 17.9 Å². The van der Waals surface area contributed by atoms with E-state index in [2.05, 4.69) is 10.3 Å². The maximum Gasteiger partial charge on any atom is 0.253 e. The summed E-state index contributed by atoms with van der Waals surface area (Å²) in [5, 5.41) is 3.16. The smallest absolute Gasteiger partial charge is 0.253 e. The van der Waals surface area contributed by atoms with Gasteiger partial charge in [0.1, 0.15) is 11.4 Å². The van der Waals surface area contributed by atoms with Crippen molar-refractivity contribution < 1.29 is 14.3 Å². The summed E-state index contributed by atoms with van der Waals surface area (Å²) in [5.74, 6) is 0.824. The highest BCUT2D eigenvalue weighted by Gasteiger charge is 2.43. The van der Waals surface area contributed by atoms with Crippen molar-refractivity contribution in [2.45, 2.75) is 44.2 Å². The Labute approximate surface area is 164 Å². The molecular formula is C22H25N3O3. The average molecular weight is 379 g/mol. The van der Waals surface area contributed by atoms with Crippen molar-refractivity contribution in [1.82, 2.24) is 15.2 Å². The lowest BCUT2D eigenvalue weighted by Crippen LogP contribution is -2.46. The molecule has 146 valence electrons. The molecule has 1 aromatic heterocycles. The number of pyridine rings is 1. The predicted octanol–water partition coefficient (Wildman–Crippen LogP) is 3.11. The summed E-state index contributed by atoms with van der Waals surface area (Å²) in [5.41, 5.74) is 1.07. The van der Waals surface area contributed by atoms with Crippen molar-refractivity contribution in [3.05, 3.63) is 59.9 Å². The molecule has 2 aromatic rings. The lowest BCUT2D eigenvalue weighted by molar-refractivity contribution is -0.130. The molecule has 1 N–H and O–H groups in total. The minimum Gasteiger partial charge on any atom is -0.487 e. The first kappa shape index (κ1) is 18.5. The Morgan fingerprint density at radius 1 is 1.29 bits per heavy atom. The van der Waals surface area contributed by atoms with Crippen LogP contribution in [0.1, 0.15) is 54.6 Å². The Bertz CT molecular complexity index is 870. The van der Waals surface area contributed by atoms with Gasteiger partial charge in [-0.3, -0.25) is 14.6 Å². The Morgan fingerprint density at radius 2 is 2.14 bits per heavy atom. The standard InChI is InChI=1S/C22H25N3O3/c1-2-25-13-11-22(10-9-20(25)26)14-18(17-7-3-4-8-19(17)28-22)24-21(27)16-6-5-12-23-15-16/h3-8,12,15,18H,2,9-11,13-14H2,1H3,(H,24,27)/t18-,22+/m1/s1. The summed E-state index contributed by atoms with van der Waals surface area (Å²) in [7, 11) is 0. The second kappa shape index (κ2) is 7.62. The van der Waals surface area contributed by atoms with Crippen molar-refractivity contribution >= 4 is 11.8 Å². The van der Waals surface area contributed by atoms with Gasteiger partial charge >= 0.3 is 0 Å². The van der Waals surface area contributed by atoms with Gasteiger partial charge in [0, 0.05) is 50.3 Å². The zero-order chi connectivity index (χ0) is 19.6. The zero-order valence-electron chi connectivity index (χ0n) is 16.1. The lowest BCUT2D eigenvalue weighted by Gasteiger charge is -2.42. The van der Waals surface area contributed by atoms with Crippen molar-refractivity contribution in [3.8, 4) is 5.75 Å². The number of ether oxygens (including phenoxy) is 1. The average Bonchev–Trinajstić information content (AvgIpc) is 2.87. The molecule has 4 rings (SSSR count). The van der Waals surface area contributed by atoms with Gasteiger partial charge in [0.05, 0.1) is 11.6 Å². The maximum absolute atomic E-state index is 12.8. The fourth-order valence-corrected chi connectivity index (χ4v) is 4.21. The van der Waals surface area contributed by atoms with E-state index < -0.39 is 5.60 Å². The number of para-hydroxylation sites is 1. The first-order chi connectivity index (χ1) is 13.6. The third-order valence-electron chi connectivity index (χ3n) is 5.79. The van der Waals surface area contributed by atoms with Crippen molar-refractivity contribution in [2.24, 2.45) is 0 Å². The molecule has 6 heteroatoms. The van der Waals surface area contributed by atoms with Gasteiger partial charge in [-0.05, 0) is 31.5 Å². The summed E-state index contributed by atoms with van der Waals surface area (Å²) in [6.07, 6.45) is 5.77. The van der Waals surface area contributed by atoms with Crippen LogP contribution in [0.15, 0.2) is 48.8 Å². The Morgan fingerprint density at radius 3 is 2.93 bits per heavy atom. The molecule has 6 nitrogen and oxygen atoms in total. The van der Waals surface area contributed by atoms with Crippen molar-refractivity contribution in [3.63, 3.8) is 0 Å². The first-order valence-electron chi connectivity index (χ1n) is 9.87. The number of nitrogens with zero attached hydrogens (tertiary/aromatic N) is 2. The molecule has 2 aliphatic heterocycles. The summed E-state index contributed by atoms with van der Waals surface area (Å²) in [4.78, 5) is 31.0.